The van der Waals surface area contributed by atoms with Crippen molar-refractivity contribution < 1.29 is 9.00 Å². The average Bonchev–Trinajstić information content (AvgIpc) is 2.83. The number of fused-ring (bicyclic) bond motifs is 1. The second kappa shape index (κ2) is 8.86. The normalized spacial score (nSPS) is 16.1. The second-order valence-electron chi connectivity index (χ2n) is 7.21. The molecule has 2 aromatic rings. The molecule has 2 aromatic heterocycles. The van der Waals surface area contributed by atoms with Gasteiger partial charge in [0, 0.05) is 36.2 Å². The van der Waals surface area contributed by atoms with Crippen LogP contribution in [0.1, 0.15) is 49.9 Å². The maximum absolute atomic E-state index is 12.9. The van der Waals surface area contributed by atoms with Crippen LogP contribution in [0.5, 0.6) is 0 Å². The molecule has 3 heterocycles. The van der Waals surface area contributed by atoms with Gasteiger partial charge < -0.3 is 5.32 Å². The molecule has 0 aliphatic carbocycles. The molecule has 3 rings (SSSR count). The van der Waals surface area contributed by atoms with E-state index in [4.69, 9.17) is 4.78 Å². The Balaban J connectivity index is 2.13. The van der Waals surface area contributed by atoms with Crippen LogP contribution in [0, 0.1) is 11.7 Å². The quantitative estimate of drug-likeness (QED) is 0.670. The number of aryl methyl sites for hydroxylation is 1. The van der Waals surface area contributed by atoms with Gasteiger partial charge in [-0.3, -0.25) is 14.7 Å². The Kier molecular flexibility index (Phi) is 6.46. The van der Waals surface area contributed by atoms with E-state index < -0.39 is 9.73 Å². The molecule has 0 aromatic carbocycles. The van der Waals surface area contributed by atoms with E-state index in [9.17, 15) is 9.00 Å². The number of pyridine rings is 1. The highest BCUT2D eigenvalue weighted by atomic mass is 32.2. The lowest BCUT2D eigenvalue weighted by molar-refractivity contribution is -0.118. The Hall–Kier alpha value is -2.55. The summed E-state index contributed by atoms with van der Waals surface area (Å²) in [6, 6.07) is 3.85. The van der Waals surface area contributed by atoms with Crippen LogP contribution in [0.2, 0.25) is 0 Å². The lowest BCUT2D eigenvalue weighted by Crippen LogP contribution is -2.31. The van der Waals surface area contributed by atoms with Gasteiger partial charge in [-0.15, -0.1) is 0 Å². The zero-order valence-corrected chi connectivity index (χ0v) is 18.0. The van der Waals surface area contributed by atoms with Crippen LogP contribution in [-0.2, 0) is 27.5 Å². The van der Waals surface area contributed by atoms with Crippen molar-refractivity contribution in [1.82, 2.24) is 15.0 Å². The predicted molar refractivity (Wildman–Crippen MR) is 114 cm³/mol. The zero-order valence-electron chi connectivity index (χ0n) is 17.2. The van der Waals surface area contributed by atoms with E-state index in [-0.39, 0.29) is 16.8 Å². The van der Waals surface area contributed by atoms with E-state index in [1.165, 1.54) is 0 Å². The molecule has 1 aliphatic heterocycles. The topological polar surface area (TPSA) is 112 Å². The molecule has 156 valence electrons. The summed E-state index contributed by atoms with van der Waals surface area (Å²) >= 11 is 0. The number of carbonyl (C=O) groups excluding carboxylic acids is 1. The molecule has 29 heavy (non-hydrogen) atoms. The maximum Gasteiger partial charge on any atom is 0.230 e. The van der Waals surface area contributed by atoms with E-state index in [2.05, 4.69) is 20.3 Å². The molecular formula is C20H28N6O2S. The molecule has 2 N–H and O–H groups in total. The molecule has 8 nitrogen and oxygen atoms in total. The number of nitrogens with one attached hydrogen (secondary N) is 2. The summed E-state index contributed by atoms with van der Waals surface area (Å²) in [7, 11) is -3.13. The van der Waals surface area contributed by atoms with Gasteiger partial charge >= 0.3 is 0 Å². The molecule has 0 saturated carbocycles. The first-order valence-electron chi connectivity index (χ1n) is 9.99. The molecule has 1 atom stereocenters. The number of hydrogen-bond donors (Lipinski definition) is 2. The third kappa shape index (κ3) is 4.72. The van der Waals surface area contributed by atoms with Crippen molar-refractivity contribution in [3.8, 4) is 0 Å². The molecule has 1 unspecified atom stereocenters. The van der Waals surface area contributed by atoms with Gasteiger partial charge in [-0.25, -0.2) is 19.0 Å². The third-order valence-corrected chi connectivity index (χ3v) is 6.54. The van der Waals surface area contributed by atoms with Gasteiger partial charge in [0.2, 0.25) is 11.1 Å². The summed E-state index contributed by atoms with van der Waals surface area (Å²) < 4.78 is 21.2. The lowest BCUT2D eigenvalue weighted by Gasteiger charge is -2.24. The largest absolute Gasteiger partial charge is 0.370 e. The van der Waals surface area contributed by atoms with Gasteiger partial charge in [0.15, 0.2) is 0 Å². The highest BCUT2D eigenvalue weighted by Crippen LogP contribution is 2.32. The van der Waals surface area contributed by atoms with Crippen LogP contribution in [0.15, 0.2) is 23.5 Å². The van der Waals surface area contributed by atoms with Crippen molar-refractivity contribution in [2.24, 2.45) is 0 Å². The molecule has 0 saturated heterocycles. The first-order chi connectivity index (χ1) is 13.9. The van der Waals surface area contributed by atoms with Gasteiger partial charge in [0.25, 0.3) is 0 Å². The van der Waals surface area contributed by atoms with Crippen LogP contribution in [0.3, 0.4) is 0 Å². The summed E-state index contributed by atoms with van der Waals surface area (Å²) in [4.78, 5) is 27.8. The standard InChI is InChI=1S/C20H28N6O2S/c1-4-11-29(21,28)20-24-18(22-5-2)16-7-6-8-17(27)26(19(16)25-20)13-15-10-9-14(3)23-12-15/h9-10,12,21H,4-8,11,13H2,1-3H3,(H,22,24,25). The Morgan fingerprint density at radius 1 is 1.24 bits per heavy atom. The number of amides is 1. The Bertz CT molecular complexity index is 989. The van der Waals surface area contributed by atoms with Crippen LogP contribution < -0.4 is 10.2 Å². The monoisotopic (exact) mass is 416 g/mol. The molecule has 0 bridgehead atoms. The van der Waals surface area contributed by atoms with Crippen LogP contribution in [-0.4, -0.2) is 37.4 Å². The summed E-state index contributed by atoms with van der Waals surface area (Å²) in [6.07, 6.45) is 4.10. The average molecular weight is 417 g/mol. The number of hydrogen-bond acceptors (Lipinski definition) is 7. The van der Waals surface area contributed by atoms with Gasteiger partial charge in [0.05, 0.1) is 6.54 Å². The molecule has 9 heteroatoms. The van der Waals surface area contributed by atoms with Gasteiger partial charge in [-0.05, 0) is 44.7 Å². The lowest BCUT2D eigenvalue weighted by atomic mass is 10.1. The maximum atomic E-state index is 12.9. The highest BCUT2D eigenvalue weighted by Gasteiger charge is 2.29. The summed E-state index contributed by atoms with van der Waals surface area (Å²) in [5, 5.41) is 3.21. The fourth-order valence-electron chi connectivity index (χ4n) is 3.35. The minimum absolute atomic E-state index is 0.00391. The van der Waals surface area contributed by atoms with Gasteiger partial charge in [-0.1, -0.05) is 13.0 Å². The fourth-order valence-corrected chi connectivity index (χ4v) is 4.58. The zero-order chi connectivity index (χ0) is 21.0. The highest BCUT2D eigenvalue weighted by molar-refractivity contribution is 7.92. The SMILES string of the molecule is CCCS(=N)(=O)c1nc(NCC)c2c(n1)N(Cc1ccc(C)nc1)C(=O)CCC2. The van der Waals surface area contributed by atoms with Crippen LogP contribution in [0.4, 0.5) is 11.6 Å². The number of nitrogens with zero attached hydrogens (tertiary/aromatic N) is 4. The molecule has 1 aliphatic rings. The summed E-state index contributed by atoms with van der Waals surface area (Å²) in [5.74, 6) is 1.19. The molecule has 0 radical (unpaired) electrons. The van der Waals surface area contributed by atoms with Crippen LogP contribution in [0.25, 0.3) is 0 Å². The van der Waals surface area contributed by atoms with Crippen molar-refractivity contribution in [1.29, 1.82) is 4.78 Å². The van der Waals surface area contributed by atoms with Crippen molar-refractivity contribution in [3.63, 3.8) is 0 Å². The molecule has 0 spiro atoms. The van der Waals surface area contributed by atoms with E-state index >= 15 is 0 Å². The van der Waals surface area contributed by atoms with Crippen molar-refractivity contribution in [2.45, 2.75) is 58.2 Å². The number of rotatable bonds is 7. The van der Waals surface area contributed by atoms with E-state index in [0.29, 0.717) is 50.4 Å². The van der Waals surface area contributed by atoms with Crippen molar-refractivity contribution in [2.75, 3.05) is 22.5 Å². The van der Waals surface area contributed by atoms with Gasteiger partial charge in [-0.2, -0.15) is 0 Å². The molecule has 0 fully saturated rings. The van der Waals surface area contributed by atoms with E-state index in [1.54, 1.807) is 11.1 Å². The number of carbonyl (C=O) groups is 1. The fraction of sp³-hybridized carbons (Fsp3) is 0.500. The Morgan fingerprint density at radius 2 is 2.03 bits per heavy atom. The predicted octanol–water partition coefficient (Wildman–Crippen LogP) is 3.30. The molecule has 1 amide bonds. The summed E-state index contributed by atoms with van der Waals surface area (Å²) in [5.41, 5.74) is 2.64. The minimum atomic E-state index is -3.13. The van der Waals surface area contributed by atoms with E-state index in [0.717, 1.165) is 16.8 Å². The third-order valence-electron chi connectivity index (χ3n) is 4.78. The first-order valence-corrected chi connectivity index (χ1v) is 11.7. The Labute approximate surface area is 172 Å². The van der Waals surface area contributed by atoms with Gasteiger partial charge in [0.1, 0.15) is 21.4 Å². The van der Waals surface area contributed by atoms with E-state index in [1.807, 2.05) is 32.9 Å². The number of anilines is 2. The smallest absolute Gasteiger partial charge is 0.230 e. The minimum Gasteiger partial charge on any atom is -0.370 e. The first kappa shape index (κ1) is 21.2. The van der Waals surface area contributed by atoms with Crippen molar-refractivity contribution >= 4 is 27.3 Å². The number of aromatic nitrogens is 3. The summed E-state index contributed by atoms with van der Waals surface area (Å²) in [6.45, 7) is 6.70. The Morgan fingerprint density at radius 3 is 2.69 bits per heavy atom. The van der Waals surface area contributed by atoms with Crippen molar-refractivity contribution in [3.05, 3.63) is 35.2 Å². The van der Waals surface area contributed by atoms with Crippen LogP contribution >= 0.6 is 0 Å². The second-order valence-corrected chi connectivity index (χ2v) is 9.33. The molecular weight excluding hydrogens is 388 g/mol.